The first kappa shape index (κ1) is 9.68. The molecule has 1 rings (SSSR count). The second-order valence-electron chi connectivity index (χ2n) is 2.90. The molecule has 2 N–H and O–H groups in total. The minimum Gasteiger partial charge on any atom is -0.468 e. The summed E-state index contributed by atoms with van der Waals surface area (Å²) in [7, 11) is 0. The quantitative estimate of drug-likeness (QED) is 0.715. The van der Waals surface area contributed by atoms with Crippen molar-refractivity contribution in [1.29, 1.82) is 0 Å². The first-order chi connectivity index (χ1) is 5.79. The van der Waals surface area contributed by atoms with Crippen molar-refractivity contribution < 1.29 is 4.42 Å². The Kier molecular flexibility index (Phi) is 4.25. The molecule has 0 aliphatic heterocycles. The van der Waals surface area contributed by atoms with Gasteiger partial charge in [-0.3, -0.25) is 0 Å². The fourth-order valence-electron chi connectivity index (χ4n) is 0.837. The minimum atomic E-state index is 0.314. The predicted molar refractivity (Wildman–Crippen MR) is 53.1 cm³/mol. The Bertz CT molecular complexity index is 196. The Morgan fingerprint density at radius 2 is 2.50 bits per heavy atom. The number of hydrogen-bond acceptors (Lipinski definition) is 3. The van der Waals surface area contributed by atoms with Crippen molar-refractivity contribution >= 4 is 11.8 Å². The van der Waals surface area contributed by atoms with E-state index in [0.29, 0.717) is 6.04 Å². The molecular formula is C9H15NOS. The summed E-state index contributed by atoms with van der Waals surface area (Å²) in [5.74, 6) is 3.11. The molecule has 0 saturated heterocycles. The summed E-state index contributed by atoms with van der Waals surface area (Å²) in [6, 6.07) is 4.23. The average Bonchev–Trinajstić information content (AvgIpc) is 2.49. The first-order valence-electron chi connectivity index (χ1n) is 4.15. The third-order valence-electron chi connectivity index (χ3n) is 1.54. The lowest BCUT2D eigenvalue weighted by Gasteiger charge is -2.02. The number of rotatable bonds is 5. The zero-order valence-electron chi connectivity index (χ0n) is 7.32. The summed E-state index contributed by atoms with van der Waals surface area (Å²) in [4.78, 5) is 0. The molecule has 3 heteroatoms. The number of nitrogens with two attached hydrogens (primary N) is 1. The summed E-state index contributed by atoms with van der Waals surface area (Å²) in [5.41, 5.74) is 5.62. The molecule has 1 heterocycles. The van der Waals surface area contributed by atoms with Crippen LogP contribution >= 0.6 is 11.8 Å². The highest BCUT2D eigenvalue weighted by Crippen LogP contribution is 2.13. The minimum absolute atomic E-state index is 0.314. The molecule has 0 spiro atoms. The van der Waals surface area contributed by atoms with Gasteiger partial charge in [-0.1, -0.05) is 0 Å². The molecule has 2 nitrogen and oxygen atoms in total. The highest BCUT2D eigenvalue weighted by molar-refractivity contribution is 7.98. The molecule has 0 bridgehead atoms. The van der Waals surface area contributed by atoms with Crippen molar-refractivity contribution in [3.05, 3.63) is 24.2 Å². The zero-order valence-corrected chi connectivity index (χ0v) is 8.14. The second-order valence-corrected chi connectivity index (χ2v) is 4.00. The van der Waals surface area contributed by atoms with Crippen molar-refractivity contribution in [3.63, 3.8) is 0 Å². The van der Waals surface area contributed by atoms with Gasteiger partial charge in [-0.2, -0.15) is 11.8 Å². The van der Waals surface area contributed by atoms with E-state index < -0.39 is 0 Å². The van der Waals surface area contributed by atoms with Gasteiger partial charge >= 0.3 is 0 Å². The second kappa shape index (κ2) is 5.27. The van der Waals surface area contributed by atoms with E-state index in [2.05, 4.69) is 0 Å². The van der Waals surface area contributed by atoms with Crippen molar-refractivity contribution in [2.24, 2.45) is 5.73 Å². The van der Waals surface area contributed by atoms with E-state index in [0.717, 1.165) is 23.7 Å². The van der Waals surface area contributed by atoms with Crippen LogP contribution in [0.2, 0.25) is 0 Å². The van der Waals surface area contributed by atoms with Crippen LogP contribution in [-0.2, 0) is 5.75 Å². The molecule has 0 aliphatic carbocycles. The molecule has 0 aromatic carbocycles. The predicted octanol–water partition coefficient (Wildman–Crippen LogP) is 2.25. The molecule has 1 aromatic heterocycles. The summed E-state index contributed by atoms with van der Waals surface area (Å²) >= 11 is 1.87. The monoisotopic (exact) mass is 185 g/mol. The van der Waals surface area contributed by atoms with Gasteiger partial charge in [0.1, 0.15) is 5.76 Å². The molecular weight excluding hydrogens is 170 g/mol. The molecule has 68 valence electrons. The van der Waals surface area contributed by atoms with E-state index in [9.17, 15) is 0 Å². The third-order valence-corrected chi connectivity index (χ3v) is 2.55. The Morgan fingerprint density at radius 1 is 1.67 bits per heavy atom. The van der Waals surface area contributed by atoms with Gasteiger partial charge in [0.05, 0.1) is 12.0 Å². The standard InChI is InChI=1S/C9H15NOS/c1-8(10)4-6-12-7-9-3-2-5-11-9/h2-3,5,8H,4,6-7,10H2,1H3. The molecule has 12 heavy (non-hydrogen) atoms. The zero-order chi connectivity index (χ0) is 8.81. The van der Waals surface area contributed by atoms with E-state index in [1.165, 1.54) is 0 Å². The van der Waals surface area contributed by atoms with Crippen LogP contribution in [0.15, 0.2) is 22.8 Å². The van der Waals surface area contributed by atoms with E-state index >= 15 is 0 Å². The topological polar surface area (TPSA) is 39.2 Å². The Labute approximate surface area is 77.5 Å². The van der Waals surface area contributed by atoms with Crippen molar-refractivity contribution in [2.75, 3.05) is 5.75 Å². The van der Waals surface area contributed by atoms with Crippen LogP contribution in [0, 0.1) is 0 Å². The summed E-state index contributed by atoms with van der Waals surface area (Å²) in [5, 5.41) is 0. The molecule has 0 saturated carbocycles. The molecule has 0 radical (unpaired) electrons. The lowest BCUT2D eigenvalue weighted by molar-refractivity contribution is 0.530. The van der Waals surface area contributed by atoms with E-state index in [-0.39, 0.29) is 0 Å². The van der Waals surface area contributed by atoms with E-state index in [4.69, 9.17) is 10.2 Å². The maximum absolute atomic E-state index is 5.62. The average molecular weight is 185 g/mol. The maximum Gasteiger partial charge on any atom is 0.113 e. The third kappa shape index (κ3) is 3.83. The van der Waals surface area contributed by atoms with Crippen LogP contribution in [0.3, 0.4) is 0 Å². The van der Waals surface area contributed by atoms with Crippen LogP contribution in [0.4, 0.5) is 0 Å². The molecule has 0 fully saturated rings. The highest BCUT2D eigenvalue weighted by Gasteiger charge is 1.97. The fourth-order valence-corrected chi connectivity index (χ4v) is 1.88. The van der Waals surface area contributed by atoms with Gasteiger partial charge in [-0.25, -0.2) is 0 Å². The molecule has 0 amide bonds. The van der Waals surface area contributed by atoms with Gasteiger partial charge in [0.2, 0.25) is 0 Å². The van der Waals surface area contributed by atoms with Gasteiger partial charge in [-0.05, 0) is 31.2 Å². The van der Waals surface area contributed by atoms with Gasteiger partial charge < -0.3 is 10.2 Å². The highest BCUT2D eigenvalue weighted by atomic mass is 32.2. The van der Waals surface area contributed by atoms with E-state index in [1.807, 2.05) is 30.8 Å². The van der Waals surface area contributed by atoms with Crippen molar-refractivity contribution in [1.82, 2.24) is 0 Å². The summed E-state index contributed by atoms with van der Waals surface area (Å²) in [6.45, 7) is 2.04. The largest absolute Gasteiger partial charge is 0.468 e. The van der Waals surface area contributed by atoms with Crippen LogP contribution in [0.25, 0.3) is 0 Å². The number of thioether (sulfide) groups is 1. The van der Waals surface area contributed by atoms with Crippen LogP contribution in [-0.4, -0.2) is 11.8 Å². The van der Waals surface area contributed by atoms with E-state index in [1.54, 1.807) is 6.26 Å². The molecule has 1 aromatic rings. The first-order valence-corrected chi connectivity index (χ1v) is 5.30. The van der Waals surface area contributed by atoms with Crippen LogP contribution < -0.4 is 5.73 Å². The maximum atomic E-state index is 5.62. The Morgan fingerprint density at radius 3 is 3.08 bits per heavy atom. The lowest BCUT2D eigenvalue weighted by Crippen LogP contribution is -2.15. The van der Waals surface area contributed by atoms with Gasteiger partial charge in [0.25, 0.3) is 0 Å². The SMILES string of the molecule is CC(N)CCSCc1ccco1. The Hall–Kier alpha value is -0.410. The van der Waals surface area contributed by atoms with Crippen molar-refractivity contribution in [3.8, 4) is 0 Å². The van der Waals surface area contributed by atoms with Crippen LogP contribution in [0.5, 0.6) is 0 Å². The molecule has 1 unspecified atom stereocenters. The molecule has 0 aliphatic rings. The van der Waals surface area contributed by atoms with Crippen LogP contribution in [0.1, 0.15) is 19.1 Å². The number of hydrogen-bond donors (Lipinski definition) is 1. The normalized spacial score (nSPS) is 13.2. The summed E-state index contributed by atoms with van der Waals surface area (Å²) < 4.78 is 5.19. The smallest absolute Gasteiger partial charge is 0.113 e. The fraction of sp³-hybridized carbons (Fsp3) is 0.556. The Balaban J connectivity index is 2.04. The lowest BCUT2D eigenvalue weighted by atomic mass is 10.3. The summed E-state index contributed by atoms with van der Waals surface area (Å²) in [6.07, 6.45) is 2.78. The van der Waals surface area contributed by atoms with Gasteiger partial charge in [-0.15, -0.1) is 0 Å². The van der Waals surface area contributed by atoms with Crippen molar-refractivity contribution in [2.45, 2.75) is 25.1 Å². The van der Waals surface area contributed by atoms with Gasteiger partial charge in [0, 0.05) is 6.04 Å². The molecule has 1 atom stereocenters. The number of furan rings is 1. The van der Waals surface area contributed by atoms with Gasteiger partial charge in [0.15, 0.2) is 0 Å².